The molecular formula is C22H30O3. The van der Waals surface area contributed by atoms with E-state index in [1.807, 2.05) is 44.2 Å². The Kier molecular flexibility index (Phi) is 7.69. The molecule has 1 aromatic carbocycles. The first-order valence-corrected chi connectivity index (χ1v) is 8.50. The van der Waals surface area contributed by atoms with Crippen LogP contribution in [0.5, 0.6) is 11.5 Å². The normalized spacial score (nSPS) is 16.0. The zero-order chi connectivity index (χ0) is 19.0. The fourth-order valence-electron chi connectivity index (χ4n) is 2.67. The molecule has 0 unspecified atom stereocenters. The summed E-state index contributed by atoms with van der Waals surface area (Å²) in [5.74, 6) is 1.92. The first kappa shape index (κ1) is 20.8. The van der Waals surface area contributed by atoms with E-state index in [1.54, 1.807) is 20.1 Å². The highest BCUT2D eigenvalue weighted by molar-refractivity contribution is 5.88. The van der Waals surface area contributed by atoms with E-state index >= 15 is 0 Å². The molecule has 1 aliphatic rings. The molecular weight excluding hydrogens is 312 g/mol. The van der Waals surface area contributed by atoms with Crippen LogP contribution in [0.4, 0.5) is 0 Å². The number of ether oxygens (including phenoxy) is 2. The summed E-state index contributed by atoms with van der Waals surface area (Å²) in [6.07, 6.45) is 7.69. The van der Waals surface area contributed by atoms with Gasteiger partial charge in [0.1, 0.15) is 11.5 Å². The lowest BCUT2D eigenvalue weighted by atomic mass is 9.91. The Hall–Kier alpha value is -2.29. The van der Waals surface area contributed by atoms with E-state index in [9.17, 15) is 4.79 Å². The number of allylic oxidation sites excluding steroid dienone is 5. The average Bonchev–Trinajstić information content (AvgIpc) is 2.63. The Morgan fingerprint density at radius 2 is 1.96 bits per heavy atom. The molecule has 0 spiro atoms. The number of ketones is 1. The molecule has 0 saturated carbocycles. The molecule has 136 valence electrons. The van der Waals surface area contributed by atoms with Crippen LogP contribution in [0.1, 0.15) is 47.1 Å². The van der Waals surface area contributed by atoms with Crippen molar-refractivity contribution in [3.05, 3.63) is 53.6 Å². The van der Waals surface area contributed by atoms with Crippen molar-refractivity contribution >= 4 is 11.4 Å². The van der Waals surface area contributed by atoms with Crippen molar-refractivity contribution in [3.8, 4) is 11.5 Å². The van der Waals surface area contributed by atoms with Gasteiger partial charge < -0.3 is 9.47 Å². The van der Waals surface area contributed by atoms with Gasteiger partial charge in [0.15, 0.2) is 5.78 Å². The second kappa shape index (κ2) is 9.26. The molecule has 3 heteroatoms. The number of carbonyl (C=O) groups excluding carboxylic acids is 1. The van der Waals surface area contributed by atoms with Crippen LogP contribution in [-0.2, 0) is 4.79 Å². The maximum absolute atomic E-state index is 10.4. The molecule has 1 aromatic rings. The Balaban J connectivity index is 0.000000299. The van der Waals surface area contributed by atoms with Gasteiger partial charge in [0.05, 0.1) is 13.7 Å². The largest absolute Gasteiger partial charge is 0.497 e. The van der Waals surface area contributed by atoms with Crippen molar-refractivity contribution in [2.45, 2.75) is 41.5 Å². The minimum atomic E-state index is 0.0797. The van der Waals surface area contributed by atoms with Crippen LogP contribution in [0.25, 0.3) is 5.57 Å². The Labute approximate surface area is 152 Å². The standard InChI is InChI=1S/C14H18O2.C8H12O/c1-10-8-14(2,3)9-16-13-6-5-11(15-4)7-12(10)13;1-4-5-7(2)6-8(3)9/h5-8H,9H2,1-4H3;4-6H,1-3H3/b;5-4+,7-6-. The second-order valence-corrected chi connectivity index (χ2v) is 6.97. The molecule has 0 saturated heterocycles. The quantitative estimate of drug-likeness (QED) is 0.528. The van der Waals surface area contributed by atoms with Gasteiger partial charge in [-0.1, -0.05) is 32.1 Å². The summed E-state index contributed by atoms with van der Waals surface area (Å²) in [4.78, 5) is 10.4. The maximum Gasteiger partial charge on any atom is 0.152 e. The number of rotatable bonds is 3. The predicted molar refractivity (Wildman–Crippen MR) is 105 cm³/mol. The first-order chi connectivity index (χ1) is 11.7. The smallest absolute Gasteiger partial charge is 0.152 e. The highest BCUT2D eigenvalue weighted by atomic mass is 16.5. The number of hydrogen-bond donors (Lipinski definition) is 0. The number of benzene rings is 1. The van der Waals surface area contributed by atoms with Crippen LogP contribution in [0.15, 0.2) is 48.1 Å². The van der Waals surface area contributed by atoms with Gasteiger partial charge in [-0.3, -0.25) is 4.79 Å². The molecule has 2 rings (SSSR count). The van der Waals surface area contributed by atoms with Gasteiger partial charge in [-0.2, -0.15) is 0 Å². The summed E-state index contributed by atoms with van der Waals surface area (Å²) in [5.41, 5.74) is 3.46. The van der Waals surface area contributed by atoms with Crippen LogP contribution in [0, 0.1) is 5.41 Å². The topological polar surface area (TPSA) is 35.5 Å². The third-order valence-corrected chi connectivity index (χ3v) is 3.68. The molecule has 0 fully saturated rings. The van der Waals surface area contributed by atoms with E-state index in [0.29, 0.717) is 6.61 Å². The van der Waals surface area contributed by atoms with Crippen molar-refractivity contribution in [1.29, 1.82) is 0 Å². The fourth-order valence-corrected chi connectivity index (χ4v) is 2.67. The molecule has 0 amide bonds. The molecule has 0 atom stereocenters. The Morgan fingerprint density at radius 3 is 2.52 bits per heavy atom. The minimum Gasteiger partial charge on any atom is -0.497 e. The van der Waals surface area contributed by atoms with Gasteiger partial charge >= 0.3 is 0 Å². The van der Waals surface area contributed by atoms with Crippen LogP contribution >= 0.6 is 0 Å². The van der Waals surface area contributed by atoms with Crippen LogP contribution in [0.2, 0.25) is 0 Å². The molecule has 1 aliphatic heterocycles. The van der Waals surface area contributed by atoms with Gasteiger partial charge in [0, 0.05) is 11.0 Å². The van der Waals surface area contributed by atoms with Gasteiger partial charge in [-0.05, 0) is 63.1 Å². The third kappa shape index (κ3) is 7.00. The summed E-state index contributed by atoms with van der Waals surface area (Å²) in [7, 11) is 1.68. The monoisotopic (exact) mass is 342 g/mol. The molecule has 0 radical (unpaired) electrons. The van der Waals surface area contributed by atoms with Crippen molar-refractivity contribution in [2.24, 2.45) is 5.41 Å². The summed E-state index contributed by atoms with van der Waals surface area (Å²) in [6, 6.07) is 5.94. The average molecular weight is 342 g/mol. The van der Waals surface area contributed by atoms with Gasteiger partial charge in [-0.15, -0.1) is 0 Å². The molecule has 25 heavy (non-hydrogen) atoms. The zero-order valence-corrected chi connectivity index (χ0v) is 16.5. The lowest BCUT2D eigenvalue weighted by Gasteiger charge is -2.18. The van der Waals surface area contributed by atoms with E-state index < -0.39 is 0 Å². The number of hydrogen-bond acceptors (Lipinski definition) is 3. The molecule has 1 heterocycles. The third-order valence-electron chi connectivity index (χ3n) is 3.68. The van der Waals surface area contributed by atoms with E-state index in [4.69, 9.17) is 9.47 Å². The summed E-state index contributed by atoms with van der Waals surface area (Å²) >= 11 is 0. The van der Waals surface area contributed by atoms with Crippen molar-refractivity contribution in [2.75, 3.05) is 13.7 Å². The van der Waals surface area contributed by atoms with Crippen molar-refractivity contribution < 1.29 is 14.3 Å². The zero-order valence-electron chi connectivity index (χ0n) is 16.5. The summed E-state index contributed by atoms with van der Waals surface area (Å²) in [6.45, 7) is 12.6. The highest BCUT2D eigenvalue weighted by Gasteiger charge is 2.22. The van der Waals surface area contributed by atoms with Crippen molar-refractivity contribution in [1.82, 2.24) is 0 Å². The molecule has 3 nitrogen and oxygen atoms in total. The van der Waals surface area contributed by atoms with Gasteiger partial charge in [-0.25, -0.2) is 0 Å². The first-order valence-electron chi connectivity index (χ1n) is 8.50. The van der Waals surface area contributed by atoms with Gasteiger partial charge in [0.25, 0.3) is 0 Å². The molecule has 0 aromatic heterocycles. The highest BCUT2D eigenvalue weighted by Crippen LogP contribution is 2.36. The summed E-state index contributed by atoms with van der Waals surface area (Å²) < 4.78 is 11.1. The van der Waals surface area contributed by atoms with Crippen LogP contribution in [0.3, 0.4) is 0 Å². The van der Waals surface area contributed by atoms with E-state index in [2.05, 4.69) is 26.8 Å². The number of fused-ring (bicyclic) bond motifs is 1. The fraction of sp³-hybridized carbons (Fsp3) is 0.409. The van der Waals surface area contributed by atoms with E-state index in [-0.39, 0.29) is 11.2 Å². The van der Waals surface area contributed by atoms with E-state index in [0.717, 1.165) is 22.6 Å². The Morgan fingerprint density at radius 1 is 1.28 bits per heavy atom. The lowest BCUT2D eigenvalue weighted by molar-refractivity contribution is -0.112. The Bertz CT molecular complexity index is 691. The van der Waals surface area contributed by atoms with Crippen molar-refractivity contribution in [3.63, 3.8) is 0 Å². The maximum atomic E-state index is 10.4. The van der Waals surface area contributed by atoms with Crippen LogP contribution < -0.4 is 9.47 Å². The number of carbonyl (C=O) groups is 1. The minimum absolute atomic E-state index is 0.0797. The predicted octanol–water partition coefficient (Wildman–Crippen LogP) is 5.61. The molecule has 0 bridgehead atoms. The van der Waals surface area contributed by atoms with Crippen LogP contribution in [-0.4, -0.2) is 19.5 Å². The van der Waals surface area contributed by atoms with E-state index in [1.165, 1.54) is 5.57 Å². The van der Waals surface area contributed by atoms with Gasteiger partial charge in [0.2, 0.25) is 0 Å². The molecule has 0 aliphatic carbocycles. The number of methoxy groups -OCH3 is 1. The second-order valence-electron chi connectivity index (χ2n) is 6.97. The SMILES string of the molecule is C/C=C/C(C)=C\C(C)=O.COc1ccc2c(c1)C(C)=CC(C)(C)CO2. The summed E-state index contributed by atoms with van der Waals surface area (Å²) in [5, 5.41) is 0. The lowest BCUT2D eigenvalue weighted by Crippen LogP contribution is -2.17. The molecule has 0 N–H and O–H groups in total.